The molecule has 0 aliphatic carbocycles. The summed E-state index contributed by atoms with van der Waals surface area (Å²) < 4.78 is 0. The third-order valence-corrected chi connectivity index (χ3v) is 1.98. The third kappa shape index (κ3) is 2.12. The molecule has 3 heteroatoms. The summed E-state index contributed by atoms with van der Waals surface area (Å²) in [6.07, 6.45) is 3.40. The number of hydrogen-bond acceptors (Lipinski definition) is 2. The van der Waals surface area contributed by atoms with Gasteiger partial charge in [-0.2, -0.15) is 0 Å². The molecular formula is C6H12ClNO. The molecule has 0 bridgehead atoms. The van der Waals surface area contributed by atoms with Crippen LogP contribution >= 0.6 is 11.6 Å². The maximum atomic E-state index is 8.88. The number of piperidine rings is 1. The van der Waals surface area contributed by atoms with Crippen LogP contribution in [-0.4, -0.2) is 23.3 Å². The zero-order chi connectivity index (χ0) is 6.69. The van der Waals surface area contributed by atoms with Crippen molar-refractivity contribution >= 4 is 11.6 Å². The van der Waals surface area contributed by atoms with E-state index in [2.05, 4.69) is 5.32 Å². The van der Waals surface area contributed by atoms with Gasteiger partial charge in [0, 0.05) is 6.04 Å². The van der Waals surface area contributed by atoms with Gasteiger partial charge in [0.1, 0.15) is 5.56 Å². The van der Waals surface area contributed by atoms with Gasteiger partial charge in [-0.25, -0.2) is 0 Å². The standard InChI is InChI=1S/C6H12ClNO/c7-6(9)5-3-1-2-4-8-5/h5-6,8-9H,1-4H2/t5?,6-/m0/s1. The predicted octanol–water partition coefficient (Wildman–Crippen LogP) is 0.686. The van der Waals surface area contributed by atoms with Crippen molar-refractivity contribution in [2.24, 2.45) is 0 Å². The molecule has 1 fully saturated rings. The Labute approximate surface area is 60.2 Å². The average molecular weight is 150 g/mol. The van der Waals surface area contributed by atoms with Gasteiger partial charge in [0.05, 0.1) is 0 Å². The van der Waals surface area contributed by atoms with E-state index in [1.807, 2.05) is 0 Å². The molecule has 0 aromatic carbocycles. The molecule has 0 aromatic heterocycles. The van der Waals surface area contributed by atoms with Crippen LogP contribution in [0.1, 0.15) is 19.3 Å². The van der Waals surface area contributed by atoms with Crippen molar-refractivity contribution in [2.75, 3.05) is 6.54 Å². The number of hydrogen-bond donors (Lipinski definition) is 2. The van der Waals surface area contributed by atoms with Crippen molar-refractivity contribution in [2.45, 2.75) is 30.9 Å². The highest BCUT2D eigenvalue weighted by molar-refractivity contribution is 6.19. The second-order valence-electron chi connectivity index (χ2n) is 2.43. The normalized spacial score (nSPS) is 32.0. The molecule has 2 nitrogen and oxygen atoms in total. The summed E-state index contributed by atoms with van der Waals surface area (Å²) in [6.45, 7) is 0.994. The first-order chi connectivity index (χ1) is 4.30. The maximum Gasteiger partial charge on any atom is 0.143 e. The van der Waals surface area contributed by atoms with Crippen LogP contribution in [0.15, 0.2) is 0 Å². The fourth-order valence-electron chi connectivity index (χ4n) is 1.11. The van der Waals surface area contributed by atoms with Crippen LogP contribution in [0.4, 0.5) is 0 Å². The van der Waals surface area contributed by atoms with E-state index in [0.29, 0.717) is 0 Å². The summed E-state index contributed by atoms with van der Waals surface area (Å²) in [4.78, 5) is 0. The number of aliphatic hydroxyl groups is 1. The van der Waals surface area contributed by atoms with E-state index >= 15 is 0 Å². The van der Waals surface area contributed by atoms with Crippen LogP contribution in [0.25, 0.3) is 0 Å². The van der Waals surface area contributed by atoms with Gasteiger partial charge < -0.3 is 10.4 Å². The molecule has 1 aliphatic heterocycles. The van der Waals surface area contributed by atoms with Crippen LogP contribution in [0.5, 0.6) is 0 Å². The Hall–Kier alpha value is 0.210. The minimum absolute atomic E-state index is 0.125. The number of halogens is 1. The van der Waals surface area contributed by atoms with Crippen LogP contribution in [0.2, 0.25) is 0 Å². The zero-order valence-corrected chi connectivity index (χ0v) is 6.06. The molecule has 0 radical (unpaired) electrons. The minimum Gasteiger partial charge on any atom is -0.376 e. The number of aliphatic hydroxyl groups excluding tert-OH is 1. The first-order valence-corrected chi connectivity index (χ1v) is 3.80. The molecule has 1 heterocycles. The predicted molar refractivity (Wildman–Crippen MR) is 37.5 cm³/mol. The number of nitrogens with one attached hydrogen (secondary N) is 1. The molecule has 0 saturated carbocycles. The first kappa shape index (κ1) is 7.32. The highest BCUT2D eigenvalue weighted by Gasteiger charge is 2.17. The Bertz CT molecular complexity index is 81.1. The van der Waals surface area contributed by atoms with Gasteiger partial charge in [0.15, 0.2) is 0 Å². The zero-order valence-electron chi connectivity index (χ0n) is 5.31. The second-order valence-corrected chi connectivity index (χ2v) is 2.88. The van der Waals surface area contributed by atoms with Crippen LogP contribution in [-0.2, 0) is 0 Å². The molecule has 1 aliphatic rings. The second kappa shape index (κ2) is 3.40. The summed E-state index contributed by atoms with van der Waals surface area (Å²) in [7, 11) is 0. The van der Waals surface area contributed by atoms with Crippen molar-refractivity contribution in [1.29, 1.82) is 0 Å². The van der Waals surface area contributed by atoms with Crippen molar-refractivity contribution < 1.29 is 5.11 Å². The fraction of sp³-hybridized carbons (Fsp3) is 1.00. The number of rotatable bonds is 1. The van der Waals surface area contributed by atoms with E-state index in [-0.39, 0.29) is 6.04 Å². The summed E-state index contributed by atoms with van der Waals surface area (Å²) in [6, 6.07) is 0.125. The lowest BCUT2D eigenvalue weighted by molar-refractivity contribution is 0.183. The molecular weight excluding hydrogens is 138 g/mol. The summed E-state index contributed by atoms with van der Waals surface area (Å²) in [5.74, 6) is 0. The molecule has 1 rings (SSSR count). The van der Waals surface area contributed by atoms with E-state index in [1.54, 1.807) is 0 Å². The summed E-state index contributed by atoms with van der Waals surface area (Å²) in [5, 5.41) is 12.0. The maximum absolute atomic E-state index is 8.88. The molecule has 2 N–H and O–H groups in total. The average Bonchev–Trinajstić information content (AvgIpc) is 1.90. The van der Waals surface area contributed by atoms with E-state index in [4.69, 9.17) is 16.7 Å². The number of alkyl halides is 1. The Morgan fingerprint density at radius 2 is 2.33 bits per heavy atom. The van der Waals surface area contributed by atoms with E-state index in [9.17, 15) is 0 Å². The Balaban J connectivity index is 2.23. The summed E-state index contributed by atoms with van der Waals surface area (Å²) in [5.41, 5.74) is -0.703. The quantitative estimate of drug-likeness (QED) is 0.538. The largest absolute Gasteiger partial charge is 0.376 e. The molecule has 0 amide bonds. The van der Waals surface area contributed by atoms with Gasteiger partial charge in [0.2, 0.25) is 0 Å². The van der Waals surface area contributed by atoms with E-state index in [1.165, 1.54) is 12.8 Å². The Kier molecular flexibility index (Phi) is 2.76. The van der Waals surface area contributed by atoms with Gasteiger partial charge >= 0.3 is 0 Å². The summed E-state index contributed by atoms with van der Waals surface area (Å²) >= 11 is 5.45. The highest BCUT2D eigenvalue weighted by atomic mass is 35.5. The van der Waals surface area contributed by atoms with Crippen LogP contribution < -0.4 is 5.32 Å². The van der Waals surface area contributed by atoms with Gasteiger partial charge in [-0.1, -0.05) is 18.0 Å². The SMILES string of the molecule is O[C@H](Cl)C1CCCCN1. The fourth-order valence-corrected chi connectivity index (χ4v) is 1.33. The van der Waals surface area contributed by atoms with Crippen molar-refractivity contribution in [1.82, 2.24) is 5.32 Å². The lowest BCUT2D eigenvalue weighted by Gasteiger charge is -2.24. The van der Waals surface area contributed by atoms with Crippen LogP contribution in [0, 0.1) is 0 Å². The van der Waals surface area contributed by atoms with Gasteiger partial charge in [-0.15, -0.1) is 0 Å². The van der Waals surface area contributed by atoms with Crippen LogP contribution in [0.3, 0.4) is 0 Å². The highest BCUT2D eigenvalue weighted by Crippen LogP contribution is 2.11. The lowest BCUT2D eigenvalue weighted by atomic mass is 10.1. The van der Waals surface area contributed by atoms with Crippen molar-refractivity contribution in [3.63, 3.8) is 0 Å². The molecule has 1 unspecified atom stereocenters. The topological polar surface area (TPSA) is 32.3 Å². The first-order valence-electron chi connectivity index (χ1n) is 3.36. The molecule has 54 valence electrons. The third-order valence-electron chi connectivity index (χ3n) is 1.68. The van der Waals surface area contributed by atoms with Gasteiger partial charge in [0.25, 0.3) is 0 Å². The molecule has 1 saturated heterocycles. The van der Waals surface area contributed by atoms with Gasteiger partial charge in [-0.05, 0) is 19.4 Å². The molecule has 2 atom stereocenters. The Morgan fingerprint density at radius 1 is 1.56 bits per heavy atom. The molecule has 9 heavy (non-hydrogen) atoms. The minimum atomic E-state index is -0.703. The lowest BCUT2D eigenvalue weighted by Crippen LogP contribution is -2.40. The van der Waals surface area contributed by atoms with Crippen molar-refractivity contribution in [3.05, 3.63) is 0 Å². The van der Waals surface area contributed by atoms with Crippen molar-refractivity contribution in [3.8, 4) is 0 Å². The molecule has 0 spiro atoms. The Morgan fingerprint density at radius 3 is 2.67 bits per heavy atom. The monoisotopic (exact) mass is 149 g/mol. The smallest absolute Gasteiger partial charge is 0.143 e. The van der Waals surface area contributed by atoms with E-state index < -0.39 is 5.56 Å². The van der Waals surface area contributed by atoms with Gasteiger partial charge in [-0.3, -0.25) is 0 Å². The van der Waals surface area contributed by atoms with E-state index in [0.717, 1.165) is 13.0 Å². The molecule has 0 aromatic rings.